The van der Waals surface area contributed by atoms with Crippen LogP contribution in [0.2, 0.25) is 0 Å². The van der Waals surface area contributed by atoms with Crippen molar-refractivity contribution >= 4 is 0 Å². The summed E-state index contributed by atoms with van der Waals surface area (Å²) in [6.45, 7) is 10.9. The minimum atomic E-state index is 0.0693. The van der Waals surface area contributed by atoms with Crippen LogP contribution in [-0.4, -0.2) is 5.11 Å². The van der Waals surface area contributed by atoms with Gasteiger partial charge in [0.15, 0.2) is 0 Å². The van der Waals surface area contributed by atoms with Gasteiger partial charge in [-0.05, 0) is 31.1 Å². The zero-order chi connectivity index (χ0) is 10.3. The zero-order valence-corrected chi connectivity index (χ0v) is 8.25. The maximum atomic E-state index is 8.82. The van der Waals surface area contributed by atoms with Crippen molar-refractivity contribution in [2.45, 2.75) is 13.8 Å². The molecule has 0 unspecified atom stereocenters. The summed E-state index contributed by atoms with van der Waals surface area (Å²) in [4.78, 5) is 0. The van der Waals surface area contributed by atoms with Crippen LogP contribution in [0.25, 0.3) is 0 Å². The molecule has 13 heavy (non-hydrogen) atoms. The molecule has 1 nitrogen and oxygen atoms in total. The summed E-state index contributed by atoms with van der Waals surface area (Å²) in [5, 5.41) is 8.82. The van der Waals surface area contributed by atoms with E-state index < -0.39 is 0 Å². The Morgan fingerprint density at radius 3 is 2.08 bits per heavy atom. The molecule has 0 aliphatic rings. The van der Waals surface area contributed by atoms with E-state index in [9.17, 15) is 0 Å². The van der Waals surface area contributed by atoms with Gasteiger partial charge < -0.3 is 5.11 Å². The smallest absolute Gasteiger partial charge is 0.108 e. The monoisotopic (exact) mass is 176 g/mol. The van der Waals surface area contributed by atoms with E-state index in [1.165, 1.54) is 0 Å². The lowest BCUT2D eigenvalue weighted by Crippen LogP contribution is -1.77. The van der Waals surface area contributed by atoms with Crippen LogP contribution in [-0.2, 0) is 0 Å². The summed E-state index contributed by atoms with van der Waals surface area (Å²) < 4.78 is 0. The van der Waals surface area contributed by atoms with Crippen molar-refractivity contribution in [3.8, 4) is 0 Å². The van der Waals surface area contributed by atoms with Gasteiger partial charge in [0.25, 0.3) is 0 Å². The molecule has 0 rings (SSSR count). The lowest BCUT2D eigenvalue weighted by atomic mass is 10.1. The molecule has 0 aromatic heterocycles. The Hall–Kier alpha value is -1.50. The van der Waals surface area contributed by atoms with Gasteiger partial charge in [0.2, 0.25) is 0 Å². The summed E-state index contributed by atoms with van der Waals surface area (Å²) in [7, 11) is 0. The second-order valence-electron chi connectivity index (χ2n) is 2.79. The number of hydrogen-bond acceptors (Lipinski definition) is 1. The Morgan fingerprint density at radius 2 is 1.62 bits per heavy atom. The van der Waals surface area contributed by atoms with Crippen molar-refractivity contribution in [3.63, 3.8) is 0 Å². The maximum absolute atomic E-state index is 8.82. The largest absolute Gasteiger partial charge is 0.509 e. The molecule has 0 aliphatic heterocycles. The van der Waals surface area contributed by atoms with E-state index in [4.69, 9.17) is 5.11 Å². The Morgan fingerprint density at radius 1 is 1.08 bits per heavy atom. The van der Waals surface area contributed by atoms with Crippen molar-refractivity contribution < 1.29 is 5.11 Å². The fourth-order valence-corrected chi connectivity index (χ4v) is 0.696. The lowest BCUT2D eigenvalue weighted by Gasteiger charge is -1.96. The molecule has 0 aliphatic carbocycles. The lowest BCUT2D eigenvalue weighted by molar-refractivity contribution is 0.435. The molecule has 0 saturated heterocycles. The third-order valence-corrected chi connectivity index (χ3v) is 1.63. The molecule has 0 saturated carbocycles. The molecule has 0 amide bonds. The van der Waals surface area contributed by atoms with Gasteiger partial charge in [-0.1, -0.05) is 37.5 Å². The highest BCUT2D eigenvalue weighted by Gasteiger charge is 1.87. The maximum Gasteiger partial charge on any atom is 0.108 e. The molecule has 0 atom stereocenters. The summed E-state index contributed by atoms with van der Waals surface area (Å²) >= 11 is 0. The van der Waals surface area contributed by atoms with Crippen molar-refractivity contribution in [2.75, 3.05) is 0 Å². The van der Waals surface area contributed by atoms with Crippen molar-refractivity contribution in [1.29, 1.82) is 0 Å². The van der Waals surface area contributed by atoms with E-state index in [2.05, 4.69) is 13.2 Å². The number of hydrogen-bond donors (Lipinski definition) is 1. The van der Waals surface area contributed by atoms with Gasteiger partial charge in [0.1, 0.15) is 5.76 Å². The molecular weight excluding hydrogens is 160 g/mol. The quantitative estimate of drug-likeness (QED) is 0.511. The van der Waals surface area contributed by atoms with Crippen LogP contribution >= 0.6 is 0 Å². The van der Waals surface area contributed by atoms with Crippen LogP contribution in [0.5, 0.6) is 0 Å². The van der Waals surface area contributed by atoms with Crippen molar-refractivity contribution in [3.05, 3.63) is 60.4 Å². The van der Waals surface area contributed by atoms with Crippen molar-refractivity contribution in [1.82, 2.24) is 0 Å². The highest BCUT2D eigenvalue weighted by atomic mass is 16.3. The molecule has 0 aromatic carbocycles. The fraction of sp³-hybridized carbons (Fsp3) is 0.167. The molecule has 1 heteroatoms. The summed E-state index contributed by atoms with van der Waals surface area (Å²) in [5.74, 6) is 0.0693. The minimum absolute atomic E-state index is 0.0693. The summed E-state index contributed by atoms with van der Waals surface area (Å²) in [5.41, 5.74) is 2.23. The van der Waals surface area contributed by atoms with Gasteiger partial charge in [-0.3, -0.25) is 0 Å². The molecule has 0 fully saturated rings. The van der Waals surface area contributed by atoms with Crippen LogP contribution in [0, 0.1) is 0 Å². The first kappa shape index (κ1) is 11.5. The van der Waals surface area contributed by atoms with Crippen LogP contribution in [0.3, 0.4) is 0 Å². The van der Waals surface area contributed by atoms with E-state index in [-0.39, 0.29) is 5.76 Å². The van der Waals surface area contributed by atoms with E-state index in [1.807, 2.05) is 32.1 Å². The van der Waals surface area contributed by atoms with Crippen LogP contribution in [0.1, 0.15) is 13.8 Å². The van der Waals surface area contributed by atoms with E-state index in [0.29, 0.717) is 0 Å². The molecule has 0 spiro atoms. The Bertz CT molecular complexity index is 277. The van der Waals surface area contributed by atoms with Crippen molar-refractivity contribution in [2.24, 2.45) is 0 Å². The number of rotatable bonds is 4. The Labute approximate surface area is 80.1 Å². The molecule has 0 bridgehead atoms. The highest BCUT2D eigenvalue weighted by Crippen LogP contribution is 2.07. The zero-order valence-electron chi connectivity index (χ0n) is 8.25. The predicted molar refractivity (Wildman–Crippen MR) is 58.6 cm³/mol. The first-order chi connectivity index (χ1) is 6.07. The van der Waals surface area contributed by atoms with Gasteiger partial charge >= 0.3 is 0 Å². The number of allylic oxidation sites excluding steroid dienone is 7. The molecular formula is C12H16O. The molecule has 1 N–H and O–H groups in total. The first-order valence-corrected chi connectivity index (χ1v) is 4.10. The van der Waals surface area contributed by atoms with E-state index in [1.54, 1.807) is 12.2 Å². The average Bonchev–Trinajstić information content (AvgIpc) is 2.10. The van der Waals surface area contributed by atoms with Crippen LogP contribution in [0.4, 0.5) is 0 Å². The van der Waals surface area contributed by atoms with E-state index >= 15 is 0 Å². The second kappa shape index (κ2) is 6.06. The molecule has 0 radical (unpaired) electrons. The fourth-order valence-electron chi connectivity index (χ4n) is 0.696. The van der Waals surface area contributed by atoms with Gasteiger partial charge in [0, 0.05) is 0 Å². The molecule has 0 aromatic rings. The third kappa shape index (κ3) is 5.74. The standard InChI is InChI=1S/C12H16O/c1-5-6-7-10(2)11(3)8-9-12(4)13/h5-9,13H,1,4H2,2-3H3/b7-6-,9-8-,11-10+. The van der Waals surface area contributed by atoms with E-state index in [0.717, 1.165) is 11.1 Å². The predicted octanol–water partition coefficient (Wildman–Crippen LogP) is 3.69. The van der Waals surface area contributed by atoms with Crippen LogP contribution in [0.15, 0.2) is 60.4 Å². The van der Waals surface area contributed by atoms with Gasteiger partial charge in [-0.2, -0.15) is 0 Å². The van der Waals surface area contributed by atoms with Gasteiger partial charge in [-0.25, -0.2) is 0 Å². The summed E-state index contributed by atoms with van der Waals surface area (Å²) in [6.07, 6.45) is 8.96. The SMILES string of the molecule is C=C\C=C/C(C)=C(C)/C=C\C(=C)O. The first-order valence-electron chi connectivity index (χ1n) is 4.10. The topological polar surface area (TPSA) is 20.2 Å². The average molecular weight is 176 g/mol. The molecule has 70 valence electrons. The number of aliphatic hydroxyl groups excluding tert-OH is 1. The minimum Gasteiger partial charge on any atom is -0.509 e. The highest BCUT2D eigenvalue weighted by molar-refractivity contribution is 5.32. The Balaban J connectivity index is 4.52. The molecule has 0 heterocycles. The normalized spacial score (nSPS) is 13.4. The summed E-state index contributed by atoms with van der Waals surface area (Å²) in [6, 6.07) is 0. The number of aliphatic hydroxyl groups is 1. The van der Waals surface area contributed by atoms with Crippen LogP contribution < -0.4 is 0 Å². The Kier molecular flexibility index (Phi) is 5.37. The second-order valence-corrected chi connectivity index (χ2v) is 2.79. The third-order valence-electron chi connectivity index (χ3n) is 1.63. The van der Waals surface area contributed by atoms with Gasteiger partial charge in [-0.15, -0.1) is 0 Å². The van der Waals surface area contributed by atoms with Gasteiger partial charge in [0.05, 0.1) is 0 Å².